The highest BCUT2D eigenvalue weighted by Gasteiger charge is 2.43. The highest BCUT2D eigenvalue weighted by molar-refractivity contribution is 5.48. The predicted molar refractivity (Wildman–Crippen MR) is 84.0 cm³/mol. The molecule has 2 aliphatic rings. The molecule has 0 fully saturated rings. The van der Waals surface area contributed by atoms with Crippen LogP contribution in [-0.4, -0.2) is 0 Å². The molecule has 2 bridgehead atoms. The lowest BCUT2D eigenvalue weighted by Crippen LogP contribution is -2.42. The Labute approximate surface area is 120 Å². The van der Waals surface area contributed by atoms with Gasteiger partial charge in [-0.25, -0.2) is 0 Å². The minimum Gasteiger partial charge on any atom is -0.401 e. The molecule has 2 atom stereocenters. The van der Waals surface area contributed by atoms with Crippen molar-refractivity contribution in [3.8, 4) is 0 Å². The van der Waals surface area contributed by atoms with Crippen molar-refractivity contribution in [3.05, 3.63) is 84.1 Å². The lowest BCUT2D eigenvalue weighted by Gasteiger charge is -2.31. The SMILES string of the molecule is C=C1/C=C\C=C/CC2(C(=C)N)NC(C1)c1ccccc12. The Kier molecular flexibility index (Phi) is 3.11. The summed E-state index contributed by atoms with van der Waals surface area (Å²) in [6.07, 6.45) is 10.0. The molecule has 0 aromatic heterocycles. The Balaban J connectivity index is 2.17. The molecule has 20 heavy (non-hydrogen) atoms. The van der Waals surface area contributed by atoms with Gasteiger partial charge < -0.3 is 5.73 Å². The summed E-state index contributed by atoms with van der Waals surface area (Å²) in [6, 6.07) is 8.72. The van der Waals surface area contributed by atoms with E-state index in [0.717, 1.165) is 18.4 Å². The number of nitrogens with two attached hydrogens (primary N) is 1. The first-order valence-corrected chi connectivity index (χ1v) is 6.96. The van der Waals surface area contributed by atoms with Crippen molar-refractivity contribution >= 4 is 0 Å². The van der Waals surface area contributed by atoms with Crippen LogP contribution in [0.4, 0.5) is 0 Å². The first-order valence-electron chi connectivity index (χ1n) is 6.96. The van der Waals surface area contributed by atoms with Crippen molar-refractivity contribution in [1.82, 2.24) is 5.32 Å². The van der Waals surface area contributed by atoms with Gasteiger partial charge in [0.1, 0.15) is 0 Å². The van der Waals surface area contributed by atoms with E-state index in [0.29, 0.717) is 5.70 Å². The number of hydrogen-bond donors (Lipinski definition) is 2. The van der Waals surface area contributed by atoms with Gasteiger partial charge in [0.25, 0.3) is 0 Å². The van der Waals surface area contributed by atoms with Crippen LogP contribution in [0.2, 0.25) is 0 Å². The van der Waals surface area contributed by atoms with E-state index in [-0.39, 0.29) is 11.6 Å². The van der Waals surface area contributed by atoms with Crippen LogP contribution in [0.5, 0.6) is 0 Å². The monoisotopic (exact) mass is 264 g/mol. The maximum atomic E-state index is 6.17. The molecule has 2 heteroatoms. The zero-order valence-electron chi connectivity index (χ0n) is 11.6. The highest BCUT2D eigenvalue weighted by atomic mass is 15.1. The maximum absolute atomic E-state index is 6.17. The normalized spacial score (nSPS) is 31.4. The van der Waals surface area contributed by atoms with Crippen molar-refractivity contribution in [2.24, 2.45) is 5.73 Å². The number of hydrogen-bond acceptors (Lipinski definition) is 2. The molecular weight excluding hydrogens is 244 g/mol. The Morgan fingerprint density at radius 1 is 1.30 bits per heavy atom. The topological polar surface area (TPSA) is 38.0 Å². The fourth-order valence-electron chi connectivity index (χ4n) is 3.21. The van der Waals surface area contributed by atoms with E-state index in [2.05, 4.69) is 61.0 Å². The summed E-state index contributed by atoms with van der Waals surface area (Å²) >= 11 is 0. The van der Waals surface area contributed by atoms with Gasteiger partial charge in [0.05, 0.1) is 5.54 Å². The summed E-state index contributed by atoms with van der Waals surface area (Å²) in [4.78, 5) is 0. The van der Waals surface area contributed by atoms with Crippen molar-refractivity contribution in [3.63, 3.8) is 0 Å². The Morgan fingerprint density at radius 3 is 2.90 bits per heavy atom. The number of benzene rings is 1. The lowest BCUT2D eigenvalue weighted by molar-refractivity contribution is 0.381. The second kappa shape index (κ2) is 4.80. The summed E-state index contributed by atoms with van der Waals surface area (Å²) in [5.74, 6) is 0. The number of fused-ring (bicyclic) bond motifs is 5. The van der Waals surface area contributed by atoms with Crippen molar-refractivity contribution in [2.45, 2.75) is 24.4 Å². The summed E-state index contributed by atoms with van der Waals surface area (Å²) in [5, 5.41) is 3.70. The maximum Gasteiger partial charge on any atom is 0.0873 e. The van der Waals surface area contributed by atoms with Crippen LogP contribution >= 0.6 is 0 Å². The standard InChI is InChI=1S/C18H20N2/c1-13-8-4-3-7-11-18(14(2)19)16-10-6-5-9-15(16)17(12-13)20-18/h3-10,17,20H,1-2,11-12,19H2/b7-3-,8-4-. The zero-order valence-corrected chi connectivity index (χ0v) is 11.6. The zero-order chi connectivity index (χ0) is 14.2. The van der Waals surface area contributed by atoms with E-state index in [9.17, 15) is 0 Å². The van der Waals surface area contributed by atoms with Crippen LogP contribution in [0.1, 0.15) is 30.0 Å². The Morgan fingerprint density at radius 2 is 2.10 bits per heavy atom. The highest BCUT2D eigenvalue weighted by Crippen LogP contribution is 2.44. The average Bonchev–Trinajstić information content (AvgIpc) is 2.74. The molecule has 0 aliphatic carbocycles. The van der Waals surface area contributed by atoms with Crippen molar-refractivity contribution in [2.75, 3.05) is 0 Å². The summed E-state index contributed by atoms with van der Waals surface area (Å²) in [6.45, 7) is 8.16. The molecule has 2 aliphatic heterocycles. The average molecular weight is 264 g/mol. The van der Waals surface area contributed by atoms with E-state index in [1.165, 1.54) is 11.1 Å². The third-order valence-electron chi connectivity index (χ3n) is 4.23. The Bertz CT molecular complexity index is 624. The van der Waals surface area contributed by atoms with E-state index >= 15 is 0 Å². The van der Waals surface area contributed by atoms with Crippen LogP contribution < -0.4 is 11.1 Å². The summed E-state index contributed by atoms with van der Waals surface area (Å²) in [5.41, 5.74) is 10.2. The number of nitrogens with one attached hydrogen (secondary N) is 1. The molecule has 3 N–H and O–H groups in total. The van der Waals surface area contributed by atoms with Crippen LogP contribution in [0.3, 0.4) is 0 Å². The first-order chi connectivity index (χ1) is 9.63. The van der Waals surface area contributed by atoms with Gasteiger partial charge in [0.2, 0.25) is 0 Å². The van der Waals surface area contributed by atoms with E-state index in [1.54, 1.807) is 0 Å². The molecule has 0 radical (unpaired) electrons. The summed E-state index contributed by atoms with van der Waals surface area (Å²) in [7, 11) is 0. The van der Waals surface area contributed by atoms with Gasteiger partial charge in [-0.15, -0.1) is 0 Å². The Hall–Kier alpha value is -2.06. The van der Waals surface area contributed by atoms with Gasteiger partial charge in [-0.2, -0.15) is 0 Å². The second-order valence-electron chi connectivity index (χ2n) is 5.57. The molecule has 0 saturated carbocycles. The fraction of sp³-hybridized carbons (Fsp3) is 0.222. The minimum atomic E-state index is -0.358. The van der Waals surface area contributed by atoms with Crippen LogP contribution in [0, 0.1) is 0 Å². The fourth-order valence-corrected chi connectivity index (χ4v) is 3.21. The van der Waals surface area contributed by atoms with Crippen molar-refractivity contribution < 1.29 is 0 Å². The van der Waals surface area contributed by atoms with Crippen LogP contribution in [0.25, 0.3) is 0 Å². The van der Waals surface area contributed by atoms with Crippen molar-refractivity contribution in [1.29, 1.82) is 0 Å². The van der Waals surface area contributed by atoms with Gasteiger partial charge in [0, 0.05) is 11.7 Å². The van der Waals surface area contributed by atoms with Gasteiger partial charge in [0.15, 0.2) is 0 Å². The number of allylic oxidation sites excluding steroid dienone is 3. The molecule has 0 spiro atoms. The van der Waals surface area contributed by atoms with E-state index in [1.807, 2.05) is 6.08 Å². The lowest BCUT2D eigenvalue weighted by atomic mass is 9.84. The molecule has 2 unspecified atom stereocenters. The predicted octanol–water partition coefficient (Wildman–Crippen LogP) is 3.46. The van der Waals surface area contributed by atoms with E-state index in [4.69, 9.17) is 5.73 Å². The molecular formula is C18H20N2. The molecule has 1 aromatic rings. The van der Waals surface area contributed by atoms with Gasteiger partial charge in [-0.05, 0) is 24.0 Å². The molecule has 102 valence electrons. The van der Waals surface area contributed by atoms with Crippen LogP contribution in [0.15, 0.2) is 73.0 Å². The third-order valence-corrected chi connectivity index (χ3v) is 4.23. The molecule has 0 saturated heterocycles. The van der Waals surface area contributed by atoms with Gasteiger partial charge in [-0.1, -0.05) is 67.3 Å². The van der Waals surface area contributed by atoms with Gasteiger partial charge >= 0.3 is 0 Å². The second-order valence-corrected chi connectivity index (χ2v) is 5.57. The van der Waals surface area contributed by atoms with Crippen LogP contribution in [-0.2, 0) is 5.54 Å². The third kappa shape index (κ3) is 1.93. The van der Waals surface area contributed by atoms with E-state index < -0.39 is 0 Å². The minimum absolute atomic E-state index is 0.246. The largest absolute Gasteiger partial charge is 0.401 e. The molecule has 3 rings (SSSR count). The smallest absolute Gasteiger partial charge is 0.0873 e. The molecule has 0 amide bonds. The number of rotatable bonds is 1. The quantitative estimate of drug-likeness (QED) is 0.815. The molecule has 1 aromatic carbocycles. The molecule has 2 nitrogen and oxygen atoms in total. The van der Waals surface area contributed by atoms with Gasteiger partial charge in [-0.3, -0.25) is 5.32 Å². The first kappa shape index (κ1) is 12.9. The summed E-state index contributed by atoms with van der Waals surface area (Å²) < 4.78 is 0. The molecule has 2 heterocycles.